The van der Waals surface area contributed by atoms with Gasteiger partial charge in [0.15, 0.2) is 0 Å². The van der Waals surface area contributed by atoms with E-state index in [1.807, 2.05) is 0 Å². The van der Waals surface area contributed by atoms with Gasteiger partial charge in [0, 0.05) is 13.7 Å². The largest absolute Gasteiger partial charge is 0.396 e. The third-order valence-corrected chi connectivity index (χ3v) is 4.69. The van der Waals surface area contributed by atoms with Crippen LogP contribution in [-0.2, 0) is 23.1 Å². The van der Waals surface area contributed by atoms with Crippen molar-refractivity contribution in [2.45, 2.75) is 58.5 Å². The summed E-state index contributed by atoms with van der Waals surface area (Å²) in [4.78, 5) is 0. The van der Waals surface area contributed by atoms with Crippen molar-refractivity contribution in [3.63, 3.8) is 0 Å². The molecule has 21 heavy (non-hydrogen) atoms. The average Bonchev–Trinajstić information content (AvgIpc) is 2.32. The van der Waals surface area contributed by atoms with Crippen molar-refractivity contribution in [2.24, 2.45) is 0 Å². The summed E-state index contributed by atoms with van der Waals surface area (Å²) in [7, 11) is -1.98. The molecule has 0 aliphatic heterocycles. The lowest BCUT2D eigenvalue weighted by Gasteiger charge is -2.28. The van der Waals surface area contributed by atoms with Crippen molar-refractivity contribution in [3.05, 3.63) is 0 Å². The lowest BCUT2D eigenvalue weighted by Crippen LogP contribution is -2.35. The van der Waals surface area contributed by atoms with Crippen LogP contribution in [0.15, 0.2) is 0 Å². The molecule has 2 unspecified atom stereocenters. The molecule has 0 aliphatic rings. The number of aliphatic hydroxyl groups excluding tert-OH is 2. The third-order valence-electron chi connectivity index (χ3n) is 2.40. The highest BCUT2D eigenvalue weighted by molar-refractivity contribution is 7.53. The molecule has 2 atom stereocenters. The number of hydrogen-bond acceptors (Lipinski definition) is 7. The zero-order chi connectivity index (χ0) is 16.5. The van der Waals surface area contributed by atoms with Crippen LogP contribution in [0.5, 0.6) is 0 Å². The summed E-state index contributed by atoms with van der Waals surface area (Å²) in [5, 5.41) is 18.9. The maximum atomic E-state index is 12.8. The minimum Gasteiger partial charge on any atom is -0.396 e. The highest BCUT2D eigenvalue weighted by atomic mass is 31.2. The maximum Gasteiger partial charge on any atom is 0.333 e. The normalized spacial score (nSPS) is 15.7. The molecule has 7 nitrogen and oxygen atoms in total. The van der Waals surface area contributed by atoms with Gasteiger partial charge in [-0.2, -0.15) is 0 Å². The Morgan fingerprint density at radius 1 is 1.10 bits per heavy atom. The molecule has 0 heterocycles. The van der Waals surface area contributed by atoms with E-state index in [4.69, 9.17) is 23.6 Å². The fourth-order valence-electron chi connectivity index (χ4n) is 1.73. The van der Waals surface area contributed by atoms with Gasteiger partial charge in [-0.1, -0.05) is 0 Å². The second-order valence-corrected chi connectivity index (χ2v) is 7.30. The first kappa shape index (κ1) is 21.0. The van der Waals surface area contributed by atoms with Crippen LogP contribution in [0.3, 0.4) is 0 Å². The van der Waals surface area contributed by atoms with E-state index in [0.29, 0.717) is 0 Å². The van der Waals surface area contributed by atoms with E-state index < -0.39 is 19.8 Å². The van der Waals surface area contributed by atoms with Gasteiger partial charge in [-0.15, -0.1) is 0 Å². The van der Waals surface area contributed by atoms with Crippen molar-refractivity contribution in [1.82, 2.24) is 0 Å². The van der Waals surface area contributed by atoms with Crippen molar-refractivity contribution in [3.8, 4) is 0 Å². The van der Waals surface area contributed by atoms with E-state index in [1.54, 1.807) is 27.7 Å². The lowest BCUT2D eigenvalue weighted by molar-refractivity contribution is -0.108. The molecular weight excluding hydrogens is 299 g/mol. The van der Waals surface area contributed by atoms with Crippen molar-refractivity contribution < 1.29 is 33.3 Å². The summed E-state index contributed by atoms with van der Waals surface area (Å²) >= 11 is 0. The van der Waals surface area contributed by atoms with Crippen LogP contribution in [0.1, 0.15) is 34.1 Å². The van der Waals surface area contributed by atoms with Gasteiger partial charge in [0.05, 0.1) is 30.6 Å². The van der Waals surface area contributed by atoms with Gasteiger partial charge in [-0.05, 0) is 34.1 Å². The topological polar surface area (TPSA) is 94.5 Å². The second-order valence-electron chi connectivity index (χ2n) is 5.29. The van der Waals surface area contributed by atoms with Crippen LogP contribution in [0.25, 0.3) is 0 Å². The molecule has 0 aromatic heterocycles. The molecule has 0 aromatic rings. The molecule has 128 valence electrons. The highest BCUT2D eigenvalue weighted by Crippen LogP contribution is 2.51. The zero-order valence-electron chi connectivity index (χ0n) is 13.5. The van der Waals surface area contributed by atoms with E-state index in [9.17, 15) is 9.67 Å². The molecule has 0 fully saturated rings. The van der Waals surface area contributed by atoms with E-state index in [-0.39, 0.29) is 38.2 Å². The SMILES string of the molecule is COCOC(CP(=O)(OC(C)C)OC(C)C)C(O)CCO. The molecular formula is C13H29O7P. The van der Waals surface area contributed by atoms with E-state index >= 15 is 0 Å². The first-order valence-corrected chi connectivity index (χ1v) is 8.82. The zero-order valence-corrected chi connectivity index (χ0v) is 14.4. The molecule has 0 radical (unpaired) electrons. The molecule has 0 bridgehead atoms. The highest BCUT2D eigenvalue weighted by Gasteiger charge is 2.35. The van der Waals surface area contributed by atoms with Crippen LogP contribution in [0, 0.1) is 0 Å². The molecule has 0 aliphatic carbocycles. The van der Waals surface area contributed by atoms with Crippen LogP contribution < -0.4 is 0 Å². The predicted octanol–water partition coefficient (Wildman–Crippen LogP) is 1.76. The Balaban J connectivity index is 4.95. The van der Waals surface area contributed by atoms with E-state index in [0.717, 1.165) is 0 Å². The first-order chi connectivity index (χ1) is 9.74. The number of rotatable bonds is 12. The van der Waals surface area contributed by atoms with Gasteiger partial charge in [-0.3, -0.25) is 4.57 Å². The van der Waals surface area contributed by atoms with Crippen LogP contribution >= 0.6 is 7.60 Å². The molecule has 0 saturated heterocycles. The van der Waals surface area contributed by atoms with Gasteiger partial charge >= 0.3 is 7.60 Å². The summed E-state index contributed by atoms with van der Waals surface area (Å²) in [5.41, 5.74) is 0. The Morgan fingerprint density at radius 2 is 1.62 bits per heavy atom. The molecule has 0 aromatic carbocycles. The smallest absolute Gasteiger partial charge is 0.333 e. The van der Waals surface area contributed by atoms with Crippen LogP contribution in [0.4, 0.5) is 0 Å². The monoisotopic (exact) mass is 328 g/mol. The lowest BCUT2D eigenvalue weighted by atomic mass is 10.2. The Bertz CT molecular complexity index is 295. The minimum absolute atomic E-state index is 0.0590. The average molecular weight is 328 g/mol. The fraction of sp³-hybridized carbons (Fsp3) is 1.00. The van der Waals surface area contributed by atoms with E-state index in [2.05, 4.69) is 0 Å². The Morgan fingerprint density at radius 3 is 2.00 bits per heavy atom. The van der Waals surface area contributed by atoms with Crippen LogP contribution in [0.2, 0.25) is 0 Å². The number of aliphatic hydroxyl groups is 2. The molecule has 8 heteroatoms. The van der Waals surface area contributed by atoms with Gasteiger partial charge in [0.2, 0.25) is 0 Å². The van der Waals surface area contributed by atoms with Gasteiger partial charge in [0.1, 0.15) is 6.79 Å². The summed E-state index contributed by atoms with van der Waals surface area (Å²) in [6.07, 6.45) is -2.35. The molecule has 0 saturated carbocycles. The maximum absolute atomic E-state index is 12.8. The van der Waals surface area contributed by atoms with Crippen molar-refractivity contribution in [2.75, 3.05) is 26.7 Å². The number of ether oxygens (including phenoxy) is 2. The number of hydrogen-bond donors (Lipinski definition) is 2. The van der Waals surface area contributed by atoms with Gasteiger partial charge < -0.3 is 28.7 Å². The van der Waals surface area contributed by atoms with E-state index in [1.165, 1.54) is 7.11 Å². The van der Waals surface area contributed by atoms with Gasteiger partial charge in [0.25, 0.3) is 0 Å². The predicted molar refractivity (Wildman–Crippen MR) is 79.4 cm³/mol. The Kier molecular flexibility index (Phi) is 10.7. The standard InChI is InChI=1S/C13H29O7P/c1-10(2)19-21(16,20-11(3)4)8-13(18-9-17-5)12(15)6-7-14/h10-15H,6-9H2,1-5H3. The number of methoxy groups -OCH3 is 1. The molecule has 0 rings (SSSR count). The molecule has 0 spiro atoms. The Hall–Kier alpha value is -0.0100. The Labute approximate surface area is 127 Å². The first-order valence-electron chi connectivity index (χ1n) is 7.09. The third kappa shape index (κ3) is 9.58. The quantitative estimate of drug-likeness (QED) is 0.416. The van der Waals surface area contributed by atoms with Gasteiger partial charge in [-0.25, -0.2) is 0 Å². The minimum atomic E-state index is -3.43. The fourth-order valence-corrected chi connectivity index (χ4v) is 4.03. The van der Waals surface area contributed by atoms with Crippen molar-refractivity contribution in [1.29, 1.82) is 0 Å². The molecule has 2 N–H and O–H groups in total. The van der Waals surface area contributed by atoms with Crippen LogP contribution in [-0.4, -0.2) is 61.3 Å². The summed E-state index contributed by atoms with van der Waals surface area (Å²) in [6.45, 7) is 6.76. The van der Waals surface area contributed by atoms with Crippen molar-refractivity contribution >= 4 is 7.60 Å². The molecule has 0 amide bonds. The summed E-state index contributed by atoms with van der Waals surface area (Å²) < 4.78 is 33.8. The summed E-state index contributed by atoms with van der Waals surface area (Å²) in [6, 6.07) is 0. The second kappa shape index (κ2) is 10.7. The summed E-state index contributed by atoms with van der Waals surface area (Å²) in [5.74, 6) is 0.